The van der Waals surface area contributed by atoms with Gasteiger partial charge < -0.3 is 96.0 Å². The van der Waals surface area contributed by atoms with Crippen LogP contribution in [-0.2, 0) is 47.7 Å². The summed E-state index contributed by atoms with van der Waals surface area (Å²) in [7, 11) is 1.25. The second kappa shape index (κ2) is 34.5. The van der Waals surface area contributed by atoms with Crippen molar-refractivity contribution in [3.05, 3.63) is 0 Å². The summed E-state index contributed by atoms with van der Waals surface area (Å²) in [6.45, 7) is -4.04. The van der Waals surface area contributed by atoms with E-state index >= 15 is 0 Å². The Kier molecular flexibility index (Phi) is 31.5. The van der Waals surface area contributed by atoms with Gasteiger partial charge in [0.15, 0.2) is 6.29 Å². The molecule has 0 radical (unpaired) electrons. The van der Waals surface area contributed by atoms with Gasteiger partial charge in [-0.15, -0.1) is 0 Å². The molecule has 0 saturated carbocycles. The third-order valence-electron chi connectivity index (χ3n) is 10.6. The molecule has 1 heterocycles. The van der Waals surface area contributed by atoms with Gasteiger partial charge in [-0.05, 0) is 38.8 Å². The maximum atomic E-state index is 12.5. The number of nitrogens with zero attached hydrogens (tertiary/aromatic N) is 3. The minimum atomic E-state index is -1.90. The molecule has 0 aliphatic carbocycles. The number of unbranched alkanes of at least 4 members (excludes halogenated alkanes) is 3. The van der Waals surface area contributed by atoms with E-state index in [1.807, 2.05) is 0 Å². The monoisotopic (exact) mass is 991 g/mol. The third-order valence-corrected chi connectivity index (χ3v) is 10.6. The van der Waals surface area contributed by atoms with E-state index in [-0.39, 0.29) is 78.3 Å². The van der Waals surface area contributed by atoms with Gasteiger partial charge in [-0.3, -0.25) is 43.5 Å². The molecule has 28 nitrogen and oxygen atoms in total. The first-order chi connectivity index (χ1) is 32.1. The molecular weight excluding hydrogens is 918 g/mol. The summed E-state index contributed by atoms with van der Waals surface area (Å²) in [5.74, 6) is -7.49. The van der Waals surface area contributed by atoms with Crippen LogP contribution in [-0.4, -0.2) is 290 Å². The van der Waals surface area contributed by atoms with Crippen LogP contribution in [0.5, 0.6) is 0 Å². The average molecular weight is 992 g/mol. The standard InChI is InChI=1S/C40H73N5O23/c1-65-22-27(48)38(34(59)26(47)16-42-9-5-2-3-8-29(49)50)68-40-37(62)36(61)35(60)28(67-40)23-66-21-24(46)15-41-10-6-4-7-25(39(63)64)45(13-11-43(17-30(51)52)18-31(53)54)14-12-44(19-32(55)56)20-33(57)58/h24-28,34-38,40-42,46-48,59-62H,2-23H2,1H3,(H,49,50)(H,51,52)(H,53,54)(H,55,56)(H,57,58)(H,63,64). The number of carboxylic acid groups (broad SMARTS) is 6. The summed E-state index contributed by atoms with van der Waals surface area (Å²) in [5.41, 5.74) is 0. The molecule has 0 amide bonds. The van der Waals surface area contributed by atoms with E-state index in [9.17, 15) is 90.0 Å². The molecule has 1 rings (SSSR count). The Hall–Kier alpha value is -3.82. The maximum Gasteiger partial charge on any atom is 0.320 e. The molecule has 1 fully saturated rings. The molecule has 15 N–H and O–H groups in total. The third kappa shape index (κ3) is 26.2. The fourth-order valence-corrected chi connectivity index (χ4v) is 7.13. The zero-order chi connectivity index (χ0) is 51.3. The van der Waals surface area contributed by atoms with Gasteiger partial charge in [0.1, 0.15) is 48.8 Å². The number of methoxy groups -OCH3 is 1. The Bertz CT molecular complexity index is 1420. The van der Waals surface area contributed by atoms with E-state index in [0.29, 0.717) is 32.2 Å². The zero-order valence-electron chi connectivity index (χ0n) is 38.1. The number of rotatable bonds is 42. The lowest BCUT2D eigenvalue weighted by Crippen LogP contribution is -2.62. The molecule has 0 aromatic heterocycles. The number of carbonyl (C=O) groups is 6. The van der Waals surface area contributed by atoms with Gasteiger partial charge in [0.25, 0.3) is 0 Å². The Morgan fingerprint density at radius 3 is 1.65 bits per heavy atom. The van der Waals surface area contributed by atoms with Gasteiger partial charge in [0.2, 0.25) is 0 Å². The van der Waals surface area contributed by atoms with Crippen LogP contribution >= 0.6 is 0 Å². The van der Waals surface area contributed by atoms with E-state index in [0.717, 1.165) is 9.80 Å². The molecule has 0 spiro atoms. The Morgan fingerprint density at radius 2 is 1.15 bits per heavy atom. The molecule has 0 bridgehead atoms. The lowest BCUT2D eigenvalue weighted by molar-refractivity contribution is -0.328. The molecule has 11 atom stereocenters. The number of aliphatic carboxylic acids is 6. The Balaban J connectivity index is 2.78. The van der Waals surface area contributed by atoms with Crippen LogP contribution in [0.2, 0.25) is 0 Å². The zero-order valence-corrected chi connectivity index (χ0v) is 38.1. The molecule has 28 heteroatoms. The number of aliphatic hydroxyl groups excluding tert-OH is 7. The summed E-state index contributed by atoms with van der Waals surface area (Å²) >= 11 is 0. The van der Waals surface area contributed by atoms with Crippen LogP contribution in [0.3, 0.4) is 0 Å². The first kappa shape index (κ1) is 62.2. The highest BCUT2D eigenvalue weighted by molar-refractivity contribution is 5.74. The van der Waals surface area contributed by atoms with Gasteiger partial charge in [-0.1, -0.05) is 12.8 Å². The van der Waals surface area contributed by atoms with Gasteiger partial charge in [0, 0.05) is 52.8 Å². The second-order valence-corrected chi connectivity index (χ2v) is 16.4. The fourth-order valence-electron chi connectivity index (χ4n) is 7.13. The van der Waals surface area contributed by atoms with Crippen LogP contribution in [0.1, 0.15) is 44.9 Å². The van der Waals surface area contributed by atoms with E-state index in [2.05, 4.69) is 10.6 Å². The molecule has 1 aliphatic heterocycles. The molecule has 1 aliphatic rings. The summed E-state index contributed by atoms with van der Waals surface area (Å²) in [4.78, 5) is 71.9. The van der Waals surface area contributed by atoms with E-state index in [4.69, 9.17) is 24.1 Å². The topological polar surface area (TPSA) is 436 Å². The lowest BCUT2D eigenvalue weighted by atomic mass is 9.98. The van der Waals surface area contributed by atoms with Crippen LogP contribution < -0.4 is 10.6 Å². The summed E-state index contributed by atoms with van der Waals surface area (Å²) < 4.78 is 21.8. The predicted molar refractivity (Wildman–Crippen MR) is 230 cm³/mol. The minimum Gasteiger partial charge on any atom is -0.481 e. The molecule has 1 saturated heterocycles. The van der Waals surface area contributed by atoms with Crippen molar-refractivity contribution in [1.82, 2.24) is 25.3 Å². The highest BCUT2D eigenvalue weighted by Gasteiger charge is 2.47. The van der Waals surface area contributed by atoms with E-state index in [1.165, 1.54) is 12.0 Å². The van der Waals surface area contributed by atoms with Crippen molar-refractivity contribution in [1.29, 1.82) is 0 Å². The second-order valence-electron chi connectivity index (χ2n) is 16.4. The van der Waals surface area contributed by atoms with Crippen LogP contribution in [0, 0.1) is 0 Å². The molecular formula is C40H73N5O23. The predicted octanol–water partition coefficient (Wildman–Crippen LogP) is -6.02. The quantitative estimate of drug-likeness (QED) is 0.0253. The van der Waals surface area contributed by atoms with Gasteiger partial charge in [-0.25, -0.2) is 0 Å². The summed E-state index contributed by atoms with van der Waals surface area (Å²) in [6.07, 6.45) is -13.9. The highest BCUT2D eigenvalue weighted by Crippen LogP contribution is 2.26. The van der Waals surface area contributed by atoms with Crippen molar-refractivity contribution in [3.8, 4) is 0 Å². The number of hydrogen-bond donors (Lipinski definition) is 15. The minimum absolute atomic E-state index is 0.0190. The van der Waals surface area contributed by atoms with Crippen molar-refractivity contribution in [2.75, 3.05) is 105 Å². The molecule has 68 heavy (non-hydrogen) atoms. The van der Waals surface area contributed by atoms with Crippen LogP contribution in [0.25, 0.3) is 0 Å². The van der Waals surface area contributed by atoms with E-state index in [1.54, 1.807) is 0 Å². The van der Waals surface area contributed by atoms with Crippen molar-refractivity contribution in [2.45, 2.75) is 112 Å². The van der Waals surface area contributed by atoms with E-state index < -0.39 is 136 Å². The first-order valence-corrected chi connectivity index (χ1v) is 22.1. The molecule has 11 unspecified atom stereocenters. The number of nitrogens with one attached hydrogen (secondary N) is 2. The number of carboxylic acids is 6. The van der Waals surface area contributed by atoms with Gasteiger partial charge in [-0.2, -0.15) is 0 Å². The smallest absolute Gasteiger partial charge is 0.320 e. The van der Waals surface area contributed by atoms with Gasteiger partial charge >= 0.3 is 35.8 Å². The van der Waals surface area contributed by atoms with Crippen LogP contribution in [0.4, 0.5) is 0 Å². The normalized spacial score (nSPS) is 21.3. The summed E-state index contributed by atoms with van der Waals surface area (Å²) in [6, 6.07) is -1.22. The summed E-state index contributed by atoms with van der Waals surface area (Å²) in [5, 5.41) is 136. The number of ether oxygens (including phenoxy) is 4. The first-order valence-electron chi connectivity index (χ1n) is 22.1. The fraction of sp³-hybridized carbons (Fsp3) is 0.850. The number of hydrogen-bond acceptors (Lipinski definition) is 22. The molecule has 0 aromatic carbocycles. The number of aliphatic hydroxyl groups is 7. The van der Waals surface area contributed by atoms with Crippen molar-refractivity contribution in [3.63, 3.8) is 0 Å². The average Bonchev–Trinajstić information content (AvgIpc) is 3.24. The highest BCUT2D eigenvalue weighted by atomic mass is 16.7. The Morgan fingerprint density at radius 1 is 0.618 bits per heavy atom. The molecule has 0 aromatic rings. The van der Waals surface area contributed by atoms with Crippen molar-refractivity contribution in [2.24, 2.45) is 0 Å². The Labute approximate surface area is 392 Å². The largest absolute Gasteiger partial charge is 0.481 e. The van der Waals surface area contributed by atoms with Crippen molar-refractivity contribution >= 4 is 35.8 Å². The SMILES string of the molecule is COCC(O)C(OC1OC(COCC(O)CNCCCCC(C(=O)O)N(CCN(CC(=O)O)CC(=O)O)CCN(CC(=O)O)CC(=O)O)C(O)C(O)C1O)C(O)C(O)CNCCCCCC(=O)O. The van der Waals surface area contributed by atoms with Crippen LogP contribution in [0.15, 0.2) is 0 Å². The maximum absolute atomic E-state index is 12.5. The van der Waals surface area contributed by atoms with Crippen molar-refractivity contribution < 1.29 is 114 Å². The molecule has 396 valence electrons. The van der Waals surface area contributed by atoms with Gasteiger partial charge in [0.05, 0.1) is 58.2 Å². The lowest BCUT2D eigenvalue weighted by Gasteiger charge is -2.42.